The molecule has 1 atom stereocenters. The molecule has 1 N–H and O–H groups in total. The average molecular weight is 209 g/mol. The van der Waals surface area contributed by atoms with Crippen molar-refractivity contribution in [3.8, 4) is 0 Å². The minimum Gasteiger partial charge on any atom is -0.334 e. The first kappa shape index (κ1) is 12.2. The van der Waals surface area contributed by atoms with Crippen LogP contribution in [0.4, 0.5) is 0 Å². The zero-order valence-electron chi connectivity index (χ0n) is 10.2. The van der Waals surface area contributed by atoms with E-state index in [0.717, 1.165) is 19.5 Å². The predicted molar refractivity (Wildman–Crippen MR) is 63.8 cm³/mol. The van der Waals surface area contributed by atoms with Crippen LogP contribution in [-0.4, -0.2) is 16.1 Å². The van der Waals surface area contributed by atoms with Gasteiger partial charge in [-0.15, -0.1) is 0 Å². The number of aryl methyl sites for hydroxylation is 1. The van der Waals surface area contributed by atoms with Crippen molar-refractivity contribution >= 4 is 0 Å². The quantitative estimate of drug-likeness (QED) is 0.748. The molecule has 1 aromatic rings. The lowest BCUT2D eigenvalue weighted by Gasteiger charge is -2.18. The Labute approximate surface area is 92.9 Å². The molecule has 3 nitrogen and oxygen atoms in total. The third-order valence-electron chi connectivity index (χ3n) is 2.62. The molecule has 3 heteroatoms. The summed E-state index contributed by atoms with van der Waals surface area (Å²) in [5.41, 5.74) is 0. The highest BCUT2D eigenvalue weighted by Crippen LogP contribution is 2.16. The van der Waals surface area contributed by atoms with Crippen molar-refractivity contribution in [1.29, 1.82) is 0 Å². The fraction of sp³-hybridized carbons (Fsp3) is 0.750. The summed E-state index contributed by atoms with van der Waals surface area (Å²) in [5.74, 6) is 1.19. The van der Waals surface area contributed by atoms with Gasteiger partial charge in [0, 0.05) is 18.9 Å². The standard InChI is InChI=1S/C12H23N3/c1-4-7-11(13-8-5-2)12-14-9-10-15(12)6-3/h9-11,13H,4-8H2,1-3H3. The summed E-state index contributed by atoms with van der Waals surface area (Å²) in [5, 5.41) is 3.56. The molecule has 1 aromatic heterocycles. The van der Waals surface area contributed by atoms with Gasteiger partial charge in [0.2, 0.25) is 0 Å². The third-order valence-corrected chi connectivity index (χ3v) is 2.62. The van der Waals surface area contributed by atoms with Crippen molar-refractivity contribution in [2.45, 2.75) is 52.6 Å². The van der Waals surface area contributed by atoms with E-state index in [9.17, 15) is 0 Å². The molecule has 0 amide bonds. The Kier molecular flexibility index (Phi) is 5.40. The van der Waals surface area contributed by atoms with E-state index in [4.69, 9.17) is 0 Å². The van der Waals surface area contributed by atoms with Gasteiger partial charge in [0.25, 0.3) is 0 Å². The lowest BCUT2D eigenvalue weighted by molar-refractivity contribution is 0.454. The second-order valence-electron chi connectivity index (χ2n) is 3.87. The largest absolute Gasteiger partial charge is 0.334 e. The maximum absolute atomic E-state index is 4.46. The van der Waals surface area contributed by atoms with Crippen LogP contribution in [0, 0.1) is 0 Å². The van der Waals surface area contributed by atoms with Crippen LogP contribution in [0.25, 0.3) is 0 Å². The molecule has 0 fully saturated rings. The summed E-state index contributed by atoms with van der Waals surface area (Å²) in [6.45, 7) is 8.65. The van der Waals surface area contributed by atoms with Crippen LogP contribution in [0.2, 0.25) is 0 Å². The monoisotopic (exact) mass is 209 g/mol. The van der Waals surface area contributed by atoms with Crippen molar-refractivity contribution in [2.24, 2.45) is 0 Å². The van der Waals surface area contributed by atoms with E-state index in [-0.39, 0.29) is 0 Å². The maximum atomic E-state index is 4.46. The van der Waals surface area contributed by atoms with E-state index >= 15 is 0 Å². The Morgan fingerprint density at radius 1 is 1.33 bits per heavy atom. The van der Waals surface area contributed by atoms with Crippen molar-refractivity contribution in [2.75, 3.05) is 6.54 Å². The van der Waals surface area contributed by atoms with Crippen LogP contribution in [0.3, 0.4) is 0 Å². The Morgan fingerprint density at radius 2 is 2.13 bits per heavy atom. The molecule has 0 saturated heterocycles. The molecule has 86 valence electrons. The number of imidazole rings is 1. The lowest BCUT2D eigenvalue weighted by Crippen LogP contribution is -2.25. The predicted octanol–water partition coefficient (Wildman–Crippen LogP) is 2.74. The molecule has 0 saturated carbocycles. The minimum absolute atomic E-state index is 0.421. The molecule has 0 aliphatic heterocycles. The van der Waals surface area contributed by atoms with E-state index in [1.807, 2.05) is 6.20 Å². The van der Waals surface area contributed by atoms with E-state index in [0.29, 0.717) is 6.04 Å². The molecule has 0 aliphatic carbocycles. The first-order valence-electron chi connectivity index (χ1n) is 6.07. The van der Waals surface area contributed by atoms with Gasteiger partial charge in [-0.25, -0.2) is 4.98 Å². The normalized spacial score (nSPS) is 13.0. The fourth-order valence-electron chi connectivity index (χ4n) is 1.83. The molecule has 0 radical (unpaired) electrons. The number of nitrogens with zero attached hydrogens (tertiary/aromatic N) is 2. The highest BCUT2D eigenvalue weighted by molar-refractivity contribution is 4.99. The number of nitrogens with one attached hydrogen (secondary N) is 1. The summed E-state index contributed by atoms with van der Waals surface area (Å²) >= 11 is 0. The van der Waals surface area contributed by atoms with Crippen molar-refractivity contribution in [3.63, 3.8) is 0 Å². The van der Waals surface area contributed by atoms with Gasteiger partial charge in [0.05, 0.1) is 6.04 Å². The van der Waals surface area contributed by atoms with Crippen LogP contribution in [0.15, 0.2) is 12.4 Å². The first-order valence-corrected chi connectivity index (χ1v) is 6.07. The van der Waals surface area contributed by atoms with Crippen molar-refractivity contribution in [3.05, 3.63) is 18.2 Å². The SMILES string of the molecule is CCCNC(CCC)c1nccn1CC. The van der Waals surface area contributed by atoms with Gasteiger partial charge in [-0.3, -0.25) is 0 Å². The Balaban J connectivity index is 2.69. The maximum Gasteiger partial charge on any atom is 0.125 e. The van der Waals surface area contributed by atoms with Crippen LogP contribution >= 0.6 is 0 Å². The van der Waals surface area contributed by atoms with Gasteiger partial charge < -0.3 is 9.88 Å². The molecule has 0 aliphatic rings. The van der Waals surface area contributed by atoms with E-state index < -0.39 is 0 Å². The molecule has 15 heavy (non-hydrogen) atoms. The summed E-state index contributed by atoms with van der Waals surface area (Å²) in [7, 11) is 0. The highest BCUT2D eigenvalue weighted by Gasteiger charge is 2.14. The van der Waals surface area contributed by atoms with Crippen LogP contribution in [-0.2, 0) is 6.54 Å². The van der Waals surface area contributed by atoms with Gasteiger partial charge in [-0.05, 0) is 26.3 Å². The minimum atomic E-state index is 0.421. The lowest BCUT2D eigenvalue weighted by atomic mass is 10.1. The smallest absolute Gasteiger partial charge is 0.125 e. The number of hydrogen-bond acceptors (Lipinski definition) is 2. The summed E-state index contributed by atoms with van der Waals surface area (Å²) in [4.78, 5) is 4.46. The van der Waals surface area contributed by atoms with Gasteiger partial charge in [-0.1, -0.05) is 20.3 Å². The molecule has 1 heterocycles. The van der Waals surface area contributed by atoms with E-state index in [2.05, 4.69) is 41.8 Å². The van der Waals surface area contributed by atoms with Gasteiger partial charge in [0.15, 0.2) is 0 Å². The highest BCUT2D eigenvalue weighted by atomic mass is 15.1. The topological polar surface area (TPSA) is 29.9 Å². The van der Waals surface area contributed by atoms with Gasteiger partial charge >= 0.3 is 0 Å². The Morgan fingerprint density at radius 3 is 2.73 bits per heavy atom. The third kappa shape index (κ3) is 3.34. The number of hydrogen-bond donors (Lipinski definition) is 1. The van der Waals surface area contributed by atoms with Gasteiger partial charge in [-0.2, -0.15) is 0 Å². The average Bonchev–Trinajstić information content (AvgIpc) is 2.72. The second kappa shape index (κ2) is 6.62. The molecule has 0 bridgehead atoms. The Hall–Kier alpha value is -0.830. The zero-order valence-corrected chi connectivity index (χ0v) is 10.2. The second-order valence-corrected chi connectivity index (χ2v) is 3.87. The van der Waals surface area contributed by atoms with Crippen LogP contribution in [0.5, 0.6) is 0 Å². The van der Waals surface area contributed by atoms with Crippen LogP contribution < -0.4 is 5.32 Å². The van der Waals surface area contributed by atoms with Crippen molar-refractivity contribution in [1.82, 2.24) is 14.9 Å². The number of aromatic nitrogens is 2. The van der Waals surface area contributed by atoms with E-state index in [1.54, 1.807) is 0 Å². The molecule has 1 unspecified atom stereocenters. The molecule has 1 rings (SSSR count). The summed E-state index contributed by atoms with van der Waals surface area (Å²) in [6, 6.07) is 0.421. The first-order chi connectivity index (χ1) is 7.33. The summed E-state index contributed by atoms with van der Waals surface area (Å²) in [6.07, 6.45) is 7.49. The Bertz CT molecular complexity index is 268. The summed E-state index contributed by atoms with van der Waals surface area (Å²) < 4.78 is 2.23. The zero-order chi connectivity index (χ0) is 11.1. The molecule has 0 aromatic carbocycles. The fourth-order valence-corrected chi connectivity index (χ4v) is 1.83. The number of rotatable bonds is 7. The van der Waals surface area contributed by atoms with Crippen molar-refractivity contribution < 1.29 is 0 Å². The van der Waals surface area contributed by atoms with E-state index in [1.165, 1.54) is 18.7 Å². The molecule has 0 spiro atoms. The van der Waals surface area contributed by atoms with Crippen LogP contribution in [0.1, 0.15) is 51.9 Å². The molecular formula is C12H23N3. The molecular weight excluding hydrogens is 186 g/mol. The van der Waals surface area contributed by atoms with Gasteiger partial charge in [0.1, 0.15) is 5.82 Å².